The van der Waals surface area contributed by atoms with Gasteiger partial charge in [-0.05, 0) is 25.1 Å². The van der Waals surface area contributed by atoms with Crippen molar-refractivity contribution in [3.8, 4) is 0 Å². The second kappa shape index (κ2) is 9.62. The van der Waals surface area contributed by atoms with Gasteiger partial charge in [0.05, 0.1) is 48.9 Å². The van der Waals surface area contributed by atoms with Crippen LogP contribution in [0.3, 0.4) is 0 Å². The van der Waals surface area contributed by atoms with Crippen LogP contribution in [0, 0.1) is 0 Å². The Morgan fingerprint density at radius 2 is 1.83 bits per heavy atom. The molecule has 0 fully saturated rings. The number of rotatable bonds is 5. The van der Waals surface area contributed by atoms with Gasteiger partial charge < -0.3 is 20.7 Å². The van der Waals surface area contributed by atoms with Gasteiger partial charge in [0.25, 0.3) is 0 Å². The van der Waals surface area contributed by atoms with Crippen LogP contribution in [0.25, 0.3) is 0 Å². The maximum Gasteiger partial charge on any atom is 0.417 e. The molecule has 182 valence electrons. The summed E-state index contributed by atoms with van der Waals surface area (Å²) in [6.45, 7) is 1.77. The molecular formula is C22H20F3N7O3. The first-order chi connectivity index (χ1) is 16.6. The van der Waals surface area contributed by atoms with Crippen molar-refractivity contribution < 1.29 is 27.5 Å². The number of fused-ring (bicyclic) bond motifs is 1. The van der Waals surface area contributed by atoms with Gasteiger partial charge in [0.1, 0.15) is 11.6 Å². The molecule has 35 heavy (non-hydrogen) atoms. The minimum Gasteiger partial charge on any atom is -0.383 e. The van der Waals surface area contributed by atoms with Crippen LogP contribution in [-0.4, -0.2) is 36.7 Å². The molecule has 10 nitrogen and oxygen atoms in total. The Morgan fingerprint density at radius 3 is 2.49 bits per heavy atom. The van der Waals surface area contributed by atoms with Crippen LogP contribution in [0.4, 0.5) is 24.7 Å². The van der Waals surface area contributed by atoms with Crippen molar-refractivity contribution >= 4 is 23.3 Å². The monoisotopic (exact) mass is 487 g/mol. The van der Waals surface area contributed by atoms with Gasteiger partial charge in [0.2, 0.25) is 0 Å². The van der Waals surface area contributed by atoms with E-state index in [2.05, 4.69) is 25.3 Å². The summed E-state index contributed by atoms with van der Waals surface area (Å²) in [6, 6.07) is 2.80. The number of hydrogen-bond donors (Lipinski definition) is 2. The summed E-state index contributed by atoms with van der Waals surface area (Å²) >= 11 is 0. The van der Waals surface area contributed by atoms with Crippen LogP contribution in [0.5, 0.6) is 0 Å². The Balaban J connectivity index is 1.60. The Hall–Kier alpha value is -4.13. The van der Waals surface area contributed by atoms with Crippen LogP contribution < -0.4 is 11.1 Å². The molecule has 0 saturated heterocycles. The van der Waals surface area contributed by atoms with Gasteiger partial charge in [-0.2, -0.15) is 13.2 Å². The molecule has 3 aromatic heterocycles. The number of pyridine rings is 2. The summed E-state index contributed by atoms with van der Waals surface area (Å²) in [6.07, 6.45) is 0.399. The van der Waals surface area contributed by atoms with Crippen LogP contribution in [0.15, 0.2) is 43.0 Å². The molecule has 1 aliphatic heterocycles. The first-order valence-corrected chi connectivity index (χ1v) is 10.4. The van der Waals surface area contributed by atoms with E-state index in [1.165, 1.54) is 18.6 Å². The first kappa shape index (κ1) is 24.0. The Kier molecular flexibility index (Phi) is 6.60. The fourth-order valence-electron chi connectivity index (χ4n) is 3.51. The zero-order valence-corrected chi connectivity index (χ0v) is 18.4. The number of halogens is 3. The molecule has 0 bridgehead atoms. The van der Waals surface area contributed by atoms with Crippen molar-refractivity contribution in [3.63, 3.8) is 0 Å². The number of amides is 2. The van der Waals surface area contributed by atoms with Gasteiger partial charge in [-0.15, -0.1) is 0 Å². The van der Waals surface area contributed by atoms with E-state index in [9.17, 15) is 22.8 Å². The predicted octanol–water partition coefficient (Wildman–Crippen LogP) is 2.63. The van der Waals surface area contributed by atoms with Gasteiger partial charge in [-0.1, -0.05) is 0 Å². The molecule has 1 aliphatic rings. The molecule has 0 unspecified atom stereocenters. The lowest BCUT2D eigenvalue weighted by molar-refractivity contribution is -0.145. The van der Waals surface area contributed by atoms with Crippen molar-refractivity contribution in [2.75, 3.05) is 11.1 Å². The molecule has 3 aromatic rings. The molecule has 4 rings (SSSR count). The fraction of sp³-hybridized carbons (Fsp3) is 0.273. The number of anilines is 2. The number of nitrogens with one attached hydrogen (secondary N) is 1. The third-order valence-corrected chi connectivity index (χ3v) is 5.44. The zero-order chi connectivity index (χ0) is 25.2. The number of ether oxygens (including phenoxy) is 1. The van der Waals surface area contributed by atoms with Gasteiger partial charge in [0.15, 0.2) is 0 Å². The van der Waals surface area contributed by atoms with Gasteiger partial charge in [-0.3, -0.25) is 14.6 Å². The average Bonchev–Trinajstić information content (AvgIpc) is 3.35. The number of carbonyl (C=O) groups is 2. The molecule has 0 radical (unpaired) electrons. The Bertz CT molecular complexity index is 1240. The Morgan fingerprint density at radius 1 is 1.11 bits per heavy atom. The molecule has 4 heterocycles. The second-order valence-electron chi connectivity index (χ2n) is 7.71. The van der Waals surface area contributed by atoms with Crippen molar-refractivity contribution in [1.82, 2.24) is 24.8 Å². The summed E-state index contributed by atoms with van der Waals surface area (Å²) in [5, 5.41) is 2.53. The van der Waals surface area contributed by atoms with Crippen LogP contribution in [0.2, 0.25) is 0 Å². The number of aromatic nitrogens is 4. The van der Waals surface area contributed by atoms with Gasteiger partial charge in [-0.25, -0.2) is 15.0 Å². The molecule has 0 aliphatic carbocycles. The highest BCUT2D eigenvalue weighted by Crippen LogP contribution is 2.31. The van der Waals surface area contributed by atoms with Crippen LogP contribution in [0.1, 0.15) is 41.2 Å². The lowest BCUT2D eigenvalue weighted by atomic mass is 10.1. The van der Waals surface area contributed by atoms with Crippen LogP contribution >= 0.6 is 0 Å². The molecule has 0 aromatic carbocycles. The van der Waals surface area contributed by atoms with Crippen molar-refractivity contribution in [3.05, 3.63) is 71.2 Å². The smallest absolute Gasteiger partial charge is 0.383 e. The second-order valence-corrected chi connectivity index (χ2v) is 7.71. The summed E-state index contributed by atoms with van der Waals surface area (Å²) < 4.78 is 44.1. The van der Waals surface area contributed by atoms with Crippen molar-refractivity contribution in [2.45, 2.75) is 38.9 Å². The quantitative estimate of drug-likeness (QED) is 0.524. The van der Waals surface area contributed by atoms with E-state index in [1.54, 1.807) is 13.0 Å². The molecule has 13 heteroatoms. The molecule has 0 saturated carbocycles. The highest BCUT2D eigenvalue weighted by atomic mass is 19.4. The van der Waals surface area contributed by atoms with E-state index < -0.39 is 29.6 Å². The molecular weight excluding hydrogens is 467 g/mol. The highest BCUT2D eigenvalue weighted by Gasteiger charge is 2.32. The minimum atomic E-state index is -4.55. The lowest BCUT2D eigenvalue weighted by Gasteiger charge is -2.27. The van der Waals surface area contributed by atoms with E-state index in [4.69, 9.17) is 10.5 Å². The normalized spacial score (nSPS) is 13.7. The van der Waals surface area contributed by atoms with E-state index in [0.717, 1.165) is 17.0 Å². The standard InChI is InChI=1S/C22H20F3N7O3/c1-12(19-27-5-2-6-28-19)32(9-14-4-3-13(7-29-14)22(23,24)25)21(34)20(33)31-17-8-30-18(26)16-11-35-10-15(16)17/h2-8,12H,9-11H2,1H3,(H2,26,30)(H,31,33)/t12-/m1/s1. The van der Waals surface area contributed by atoms with E-state index in [1.807, 2.05) is 0 Å². The largest absolute Gasteiger partial charge is 0.417 e. The topological polar surface area (TPSA) is 136 Å². The third kappa shape index (κ3) is 5.19. The van der Waals surface area contributed by atoms with E-state index >= 15 is 0 Å². The molecule has 0 spiro atoms. The van der Waals surface area contributed by atoms with Crippen LogP contribution in [-0.2, 0) is 40.3 Å². The summed E-state index contributed by atoms with van der Waals surface area (Å²) in [7, 11) is 0. The molecule has 3 N–H and O–H groups in total. The number of carbonyl (C=O) groups excluding carboxylic acids is 2. The minimum absolute atomic E-state index is 0.144. The van der Waals surface area contributed by atoms with Gasteiger partial charge >= 0.3 is 18.0 Å². The summed E-state index contributed by atoms with van der Waals surface area (Å²) in [4.78, 5) is 43.4. The van der Waals surface area contributed by atoms with Gasteiger partial charge in [0, 0.05) is 29.7 Å². The summed E-state index contributed by atoms with van der Waals surface area (Å²) in [5.41, 5.74) is 6.58. The van der Waals surface area contributed by atoms with E-state index in [0.29, 0.717) is 17.3 Å². The number of nitrogen functional groups attached to an aromatic ring is 1. The maximum absolute atomic E-state index is 13.2. The number of alkyl halides is 3. The molecule has 2 amide bonds. The molecule has 1 atom stereocenters. The van der Waals surface area contributed by atoms with Crippen molar-refractivity contribution in [2.24, 2.45) is 0 Å². The van der Waals surface area contributed by atoms with E-state index in [-0.39, 0.29) is 42.8 Å². The maximum atomic E-state index is 13.2. The SMILES string of the molecule is C[C@H](c1ncccn1)N(Cc1ccc(C(F)(F)F)cn1)C(=O)C(=O)Nc1cnc(N)c2c1COC2. The number of nitrogens with zero attached hydrogens (tertiary/aromatic N) is 5. The lowest BCUT2D eigenvalue weighted by Crippen LogP contribution is -2.41. The highest BCUT2D eigenvalue weighted by molar-refractivity contribution is 6.39. The Labute approximate surface area is 197 Å². The zero-order valence-electron chi connectivity index (χ0n) is 18.4. The number of hydrogen-bond acceptors (Lipinski definition) is 8. The summed E-state index contributed by atoms with van der Waals surface area (Å²) in [5.74, 6) is -1.44. The first-order valence-electron chi connectivity index (χ1n) is 10.4. The average molecular weight is 487 g/mol. The fourth-order valence-corrected chi connectivity index (χ4v) is 3.51. The predicted molar refractivity (Wildman–Crippen MR) is 116 cm³/mol. The van der Waals surface area contributed by atoms with Crippen molar-refractivity contribution in [1.29, 1.82) is 0 Å². The third-order valence-electron chi connectivity index (χ3n) is 5.44. The number of nitrogens with two attached hydrogens (primary N) is 1.